The molecule has 1 aliphatic carbocycles. The number of H-pyrrole nitrogens is 2. The fraction of sp³-hybridized carbons (Fsp3) is 0.375. The molecule has 2 rings (SSSR count). The molecule has 1 saturated carbocycles. The van der Waals surface area contributed by atoms with E-state index in [-0.39, 0.29) is 11.2 Å². The van der Waals surface area contributed by atoms with Crippen molar-refractivity contribution in [3.8, 4) is 0 Å². The van der Waals surface area contributed by atoms with Gasteiger partial charge in [0.15, 0.2) is 4.77 Å². The molecule has 0 saturated heterocycles. The van der Waals surface area contributed by atoms with Crippen LogP contribution in [-0.2, 0) is 0 Å². The molecule has 2 N–H and O–H groups in total. The highest BCUT2D eigenvalue weighted by molar-refractivity contribution is 7.71. The Balaban J connectivity index is 2.72. The van der Waals surface area contributed by atoms with Gasteiger partial charge in [0.05, 0.1) is 6.57 Å². The number of nitrogens with one attached hydrogen (secondary N) is 2. The molecule has 0 bridgehead atoms. The monoisotopic (exact) mass is 193 g/mol. The normalized spacial score (nSPS) is 15.3. The second-order valence-corrected chi connectivity index (χ2v) is 3.46. The van der Waals surface area contributed by atoms with Crippen molar-refractivity contribution in [3.05, 3.63) is 32.2 Å². The fourth-order valence-electron chi connectivity index (χ4n) is 1.28. The molecule has 0 spiro atoms. The summed E-state index contributed by atoms with van der Waals surface area (Å²) in [6.07, 6.45) is 2.08. The molecule has 0 radical (unpaired) electrons. The molecule has 0 unspecified atom stereocenters. The Morgan fingerprint density at radius 2 is 2.15 bits per heavy atom. The Morgan fingerprint density at radius 1 is 1.46 bits per heavy atom. The van der Waals surface area contributed by atoms with Crippen molar-refractivity contribution in [1.82, 2.24) is 9.97 Å². The van der Waals surface area contributed by atoms with Crippen LogP contribution in [0.5, 0.6) is 0 Å². The van der Waals surface area contributed by atoms with E-state index < -0.39 is 0 Å². The molecule has 0 aliphatic heterocycles. The minimum absolute atomic E-state index is 0.163. The maximum absolute atomic E-state index is 11.3. The van der Waals surface area contributed by atoms with Crippen molar-refractivity contribution in [3.63, 3.8) is 0 Å². The van der Waals surface area contributed by atoms with Crippen LogP contribution in [0.1, 0.15) is 24.5 Å². The molecule has 5 heteroatoms. The lowest BCUT2D eigenvalue weighted by molar-refractivity contribution is 0.966. The molecular formula is C8H7N3OS. The first-order valence-corrected chi connectivity index (χ1v) is 4.37. The third kappa shape index (κ3) is 1.40. The summed E-state index contributed by atoms with van der Waals surface area (Å²) in [5.41, 5.74) is 0.500. The Morgan fingerprint density at radius 3 is 2.69 bits per heavy atom. The first-order chi connectivity index (χ1) is 6.22. The SMILES string of the molecule is [C-]#[N+]c1c(C2CC2)[nH]c(=S)[nH]c1=O. The average Bonchev–Trinajstić information content (AvgIpc) is 2.85. The van der Waals surface area contributed by atoms with Crippen LogP contribution >= 0.6 is 12.2 Å². The van der Waals surface area contributed by atoms with Crippen LogP contribution in [0.3, 0.4) is 0 Å². The number of aromatic nitrogens is 2. The minimum Gasteiger partial charge on any atom is -0.345 e. The van der Waals surface area contributed by atoms with Gasteiger partial charge in [-0.15, -0.1) is 0 Å². The van der Waals surface area contributed by atoms with Gasteiger partial charge in [-0.3, -0.25) is 4.79 Å². The predicted octanol–water partition coefficient (Wildman–Crippen LogP) is 1.86. The Labute approximate surface area is 79.4 Å². The topological polar surface area (TPSA) is 53.0 Å². The number of aromatic amines is 2. The smallest absolute Gasteiger partial charge is 0.269 e. The summed E-state index contributed by atoms with van der Waals surface area (Å²) in [5.74, 6) is 0.341. The van der Waals surface area contributed by atoms with Crippen molar-refractivity contribution in [2.45, 2.75) is 18.8 Å². The van der Waals surface area contributed by atoms with Gasteiger partial charge in [0.25, 0.3) is 11.2 Å². The van der Waals surface area contributed by atoms with Gasteiger partial charge in [-0.25, -0.2) is 4.85 Å². The molecule has 1 fully saturated rings. The number of hydrogen-bond donors (Lipinski definition) is 2. The maximum atomic E-state index is 11.3. The first-order valence-electron chi connectivity index (χ1n) is 3.96. The summed E-state index contributed by atoms with van der Waals surface area (Å²) in [6, 6.07) is 0. The molecule has 1 aliphatic rings. The van der Waals surface area contributed by atoms with Crippen LogP contribution < -0.4 is 5.56 Å². The minimum atomic E-state index is -0.374. The molecule has 13 heavy (non-hydrogen) atoms. The second-order valence-electron chi connectivity index (χ2n) is 3.06. The predicted molar refractivity (Wildman–Crippen MR) is 50.5 cm³/mol. The summed E-state index contributed by atoms with van der Waals surface area (Å²) in [4.78, 5) is 19.7. The summed E-state index contributed by atoms with van der Waals surface area (Å²) in [6.45, 7) is 6.87. The Hall–Kier alpha value is -1.41. The highest BCUT2D eigenvalue weighted by atomic mass is 32.1. The lowest BCUT2D eigenvalue weighted by Crippen LogP contribution is -2.09. The van der Waals surface area contributed by atoms with Crippen molar-refractivity contribution in [1.29, 1.82) is 0 Å². The van der Waals surface area contributed by atoms with Gasteiger partial charge in [0, 0.05) is 5.69 Å². The van der Waals surface area contributed by atoms with Crippen molar-refractivity contribution in [2.75, 3.05) is 0 Å². The van der Waals surface area contributed by atoms with E-state index >= 15 is 0 Å². The summed E-state index contributed by atoms with van der Waals surface area (Å²) in [7, 11) is 0. The van der Waals surface area contributed by atoms with Crippen LogP contribution in [0, 0.1) is 11.3 Å². The quantitative estimate of drug-likeness (QED) is 0.528. The zero-order chi connectivity index (χ0) is 9.42. The van der Waals surface area contributed by atoms with E-state index in [0.717, 1.165) is 12.8 Å². The molecule has 1 aromatic heterocycles. The standard InChI is InChI=1S/C8H7N3OS/c1-9-6-5(4-2-3-4)10-8(13)11-7(6)12/h4H,2-3H2,(H2,10,11,12,13). The van der Waals surface area contributed by atoms with Gasteiger partial charge in [-0.2, -0.15) is 0 Å². The molecule has 0 amide bonds. The molecule has 4 nitrogen and oxygen atoms in total. The lowest BCUT2D eigenvalue weighted by atomic mass is 10.2. The Bertz CT molecular complexity index is 489. The van der Waals surface area contributed by atoms with Gasteiger partial charge < -0.3 is 9.97 Å². The van der Waals surface area contributed by atoms with Gasteiger partial charge in [0.1, 0.15) is 0 Å². The largest absolute Gasteiger partial charge is 0.345 e. The Kier molecular flexibility index (Phi) is 1.78. The van der Waals surface area contributed by atoms with E-state index in [4.69, 9.17) is 18.8 Å². The van der Waals surface area contributed by atoms with E-state index in [9.17, 15) is 4.79 Å². The zero-order valence-electron chi connectivity index (χ0n) is 6.76. The average molecular weight is 193 g/mol. The van der Waals surface area contributed by atoms with Crippen LogP contribution in [0.4, 0.5) is 5.69 Å². The molecule has 0 atom stereocenters. The van der Waals surface area contributed by atoms with Crippen LogP contribution in [-0.4, -0.2) is 9.97 Å². The number of rotatable bonds is 1. The summed E-state index contributed by atoms with van der Waals surface area (Å²) in [5, 5.41) is 0. The first kappa shape index (κ1) is 8.20. The van der Waals surface area contributed by atoms with E-state index in [1.165, 1.54) is 0 Å². The fourth-order valence-corrected chi connectivity index (χ4v) is 1.48. The third-order valence-electron chi connectivity index (χ3n) is 2.04. The summed E-state index contributed by atoms with van der Waals surface area (Å²) >= 11 is 4.83. The van der Waals surface area contributed by atoms with E-state index in [0.29, 0.717) is 16.4 Å². The zero-order valence-corrected chi connectivity index (χ0v) is 7.57. The van der Waals surface area contributed by atoms with Crippen LogP contribution in [0.2, 0.25) is 0 Å². The van der Waals surface area contributed by atoms with Crippen LogP contribution in [0.25, 0.3) is 4.85 Å². The van der Waals surface area contributed by atoms with Gasteiger partial charge in [-0.05, 0) is 31.0 Å². The molecular weight excluding hydrogens is 186 g/mol. The number of nitrogens with zero attached hydrogens (tertiary/aromatic N) is 1. The van der Waals surface area contributed by atoms with Crippen LogP contribution in [0.15, 0.2) is 4.79 Å². The number of hydrogen-bond acceptors (Lipinski definition) is 2. The molecule has 1 heterocycles. The van der Waals surface area contributed by atoms with Crippen molar-refractivity contribution >= 4 is 17.9 Å². The van der Waals surface area contributed by atoms with Gasteiger partial charge in [0.2, 0.25) is 0 Å². The molecule has 1 aromatic rings. The van der Waals surface area contributed by atoms with E-state index in [2.05, 4.69) is 14.8 Å². The van der Waals surface area contributed by atoms with E-state index in [1.807, 2.05) is 0 Å². The molecule has 0 aromatic carbocycles. The van der Waals surface area contributed by atoms with Crippen molar-refractivity contribution < 1.29 is 0 Å². The highest BCUT2D eigenvalue weighted by Crippen LogP contribution is 2.41. The lowest BCUT2D eigenvalue weighted by Gasteiger charge is -1.99. The van der Waals surface area contributed by atoms with Crippen molar-refractivity contribution in [2.24, 2.45) is 0 Å². The maximum Gasteiger partial charge on any atom is 0.269 e. The highest BCUT2D eigenvalue weighted by Gasteiger charge is 2.28. The van der Waals surface area contributed by atoms with Gasteiger partial charge >= 0.3 is 0 Å². The third-order valence-corrected chi connectivity index (χ3v) is 2.25. The molecule has 66 valence electrons. The van der Waals surface area contributed by atoms with E-state index in [1.54, 1.807) is 0 Å². The second kappa shape index (κ2) is 2.82. The summed E-state index contributed by atoms with van der Waals surface area (Å²) < 4.78 is 0.305. The van der Waals surface area contributed by atoms with Gasteiger partial charge in [-0.1, -0.05) is 0 Å².